The third-order valence-corrected chi connectivity index (χ3v) is 3.29. The fourth-order valence-corrected chi connectivity index (χ4v) is 2.24. The van der Waals surface area contributed by atoms with Crippen molar-refractivity contribution in [1.82, 2.24) is 0 Å². The van der Waals surface area contributed by atoms with Crippen molar-refractivity contribution in [2.75, 3.05) is 5.32 Å². The van der Waals surface area contributed by atoms with Crippen LogP contribution in [0, 0.1) is 11.3 Å². The molecular weight excluding hydrogens is 272 g/mol. The highest BCUT2D eigenvalue weighted by Gasteiger charge is 2.07. The number of nitriles is 1. The molecule has 0 spiro atoms. The van der Waals surface area contributed by atoms with Crippen molar-refractivity contribution >= 4 is 17.3 Å². The quantitative estimate of drug-likeness (QED) is 0.894. The van der Waals surface area contributed by atoms with E-state index in [1.807, 2.05) is 18.2 Å². The van der Waals surface area contributed by atoms with Crippen LogP contribution in [0.2, 0.25) is 5.02 Å². The van der Waals surface area contributed by atoms with Crippen molar-refractivity contribution in [3.8, 4) is 11.8 Å². The van der Waals surface area contributed by atoms with E-state index in [2.05, 4.69) is 18.3 Å². The minimum absolute atomic E-state index is 0.185. The Morgan fingerprint density at radius 1 is 1.25 bits per heavy atom. The molecule has 0 radical (unpaired) electrons. The standard InChI is InChI=1S/C16H15ClN2O/c1-11(8-12-2-5-14(20)6-3-12)19-16-7-4-13(10-18)9-15(16)17/h2-7,9,11,19-20H,8H2,1H3. The zero-order valence-corrected chi connectivity index (χ0v) is 11.9. The molecule has 2 aromatic carbocycles. The molecule has 0 bridgehead atoms. The van der Waals surface area contributed by atoms with Crippen molar-refractivity contribution in [3.63, 3.8) is 0 Å². The number of hydrogen-bond acceptors (Lipinski definition) is 3. The van der Waals surface area contributed by atoms with Crippen LogP contribution in [-0.2, 0) is 6.42 Å². The smallest absolute Gasteiger partial charge is 0.115 e. The number of nitrogens with one attached hydrogen (secondary N) is 1. The van der Waals surface area contributed by atoms with Gasteiger partial charge in [-0.1, -0.05) is 23.7 Å². The molecule has 2 aromatic rings. The Morgan fingerprint density at radius 2 is 1.95 bits per heavy atom. The summed E-state index contributed by atoms with van der Waals surface area (Å²) in [6.45, 7) is 2.06. The number of phenolic OH excluding ortho intramolecular Hbond substituents is 1. The summed E-state index contributed by atoms with van der Waals surface area (Å²) >= 11 is 6.13. The Balaban J connectivity index is 2.03. The molecule has 102 valence electrons. The molecule has 0 aliphatic heterocycles. The number of halogens is 1. The van der Waals surface area contributed by atoms with E-state index >= 15 is 0 Å². The lowest BCUT2D eigenvalue weighted by Gasteiger charge is -2.16. The summed E-state index contributed by atoms with van der Waals surface area (Å²) in [5, 5.41) is 21.9. The molecule has 0 aromatic heterocycles. The van der Waals surface area contributed by atoms with Gasteiger partial charge in [0.15, 0.2) is 0 Å². The second kappa shape index (κ2) is 6.31. The van der Waals surface area contributed by atoms with Crippen molar-refractivity contribution in [2.24, 2.45) is 0 Å². The summed E-state index contributed by atoms with van der Waals surface area (Å²) in [6, 6.07) is 14.6. The van der Waals surface area contributed by atoms with Gasteiger partial charge in [0, 0.05) is 6.04 Å². The van der Waals surface area contributed by atoms with Crippen LogP contribution >= 0.6 is 11.6 Å². The maximum Gasteiger partial charge on any atom is 0.115 e. The summed E-state index contributed by atoms with van der Waals surface area (Å²) < 4.78 is 0. The maximum absolute atomic E-state index is 9.25. The third kappa shape index (κ3) is 3.66. The Kier molecular flexibility index (Phi) is 4.49. The average Bonchev–Trinajstić information content (AvgIpc) is 2.43. The van der Waals surface area contributed by atoms with Crippen LogP contribution in [-0.4, -0.2) is 11.1 Å². The van der Waals surface area contributed by atoms with Gasteiger partial charge in [-0.3, -0.25) is 0 Å². The molecule has 1 atom stereocenters. The van der Waals surface area contributed by atoms with Crippen molar-refractivity contribution in [3.05, 3.63) is 58.6 Å². The zero-order chi connectivity index (χ0) is 14.5. The molecule has 0 saturated heterocycles. The molecule has 4 heteroatoms. The summed E-state index contributed by atoms with van der Waals surface area (Å²) in [7, 11) is 0. The van der Waals surface area contributed by atoms with Gasteiger partial charge in [0.25, 0.3) is 0 Å². The number of anilines is 1. The Morgan fingerprint density at radius 3 is 2.55 bits per heavy atom. The van der Waals surface area contributed by atoms with Gasteiger partial charge in [-0.25, -0.2) is 0 Å². The molecule has 3 nitrogen and oxygen atoms in total. The van der Waals surface area contributed by atoms with E-state index in [1.165, 1.54) is 0 Å². The monoisotopic (exact) mass is 286 g/mol. The number of rotatable bonds is 4. The van der Waals surface area contributed by atoms with Gasteiger partial charge >= 0.3 is 0 Å². The fraction of sp³-hybridized carbons (Fsp3) is 0.188. The Hall–Kier alpha value is -2.18. The van der Waals surface area contributed by atoms with E-state index in [-0.39, 0.29) is 11.8 Å². The van der Waals surface area contributed by atoms with Gasteiger partial charge in [0.2, 0.25) is 0 Å². The fourth-order valence-electron chi connectivity index (χ4n) is 2.00. The molecule has 0 aliphatic rings. The molecule has 0 heterocycles. The number of phenols is 1. The van der Waals surface area contributed by atoms with Crippen molar-refractivity contribution < 1.29 is 5.11 Å². The molecule has 0 amide bonds. The van der Waals surface area contributed by atoms with Crippen LogP contribution in [0.4, 0.5) is 5.69 Å². The molecule has 20 heavy (non-hydrogen) atoms. The second-order valence-corrected chi connectivity index (χ2v) is 5.13. The Bertz CT molecular complexity index is 632. The highest BCUT2D eigenvalue weighted by atomic mass is 35.5. The zero-order valence-electron chi connectivity index (χ0n) is 11.1. The van der Waals surface area contributed by atoms with Gasteiger partial charge in [-0.05, 0) is 49.2 Å². The van der Waals surface area contributed by atoms with E-state index in [4.69, 9.17) is 16.9 Å². The number of nitrogens with zero attached hydrogens (tertiary/aromatic N) is 1. The van der Waals surface area contributed by atoms with Crippen LogP contribution < -0.4 is 5.32 Å². The van der Waals surface area contributed by atoms with Crippen LogP contribution in [0.1, 0.15) is 18.1 Å². The van der Waals surface area contributed by atoms with Crippen molar-refractivity contribution in [2.45, 2.75) is 19.4 Å². The first-order valence-electron chi connectivity index (χ1n) is 6.32. The Labute approximate surface area is 123 Å². The minimum Gasteiger partial charge on any atom is -0.508 e. The number of hydrogen-bond donors (Lipinski definition) is 2. The normalized spacial score (nSPS) is 11.7. The van der Waals surface area contributed by atoms with Crippen LogP contribution in [0.15, 0.2) is 42.5 Å². The summed E-state index contributed by atoms with van der Waals surface area (Å²) in [5.74, 6) is 0.268. The molecule has 0 fully saturated rings. The SMILES string of the molecule is CC(Cc1ccc(O)cc1)Nc1ccc(C#N)cc1Cl. The number of benzene rings is 2. The first-order valence-corrected chi connectivity index (χ1v) is 6.70. The van der Waals surface area contributed by atoms with Crippen LogP contribution in [0.25, 0.3) is 0 Å². The largest absolute Gasteiger partial charge is 0.508 e. The summed E-state index contributed by atoms with van der Waals surface area (Å²) in [6.07, 6.45) is 0.816. The predicted octanol–water partition coefficient (Wildman–Crippen LogP) is 3.96. The lowest BCUT2D eigenvalue weighted by atomic mass is 10.1. The maximum atomic E-state index is 9.25. The minimum atomic E-state index is 0.185. The van der Waals surface area contributed by atoms with Gasteiger partial charge in [-0.15, -0.1) is 0 Å². The van der Waals surface area contributed by atoms with E-state index in [0.29, 0.717) is 10.6 Å². The molecule has 2 rings (SSSR count). The second-order valence-electron chi connectivity index (χ2n) is 4.72. The lowest BCUT2D eigenvalue weighted by molar-refractivity contribution is 0.475. The molecule has 1 unspecified atom stereocenters. The molecule has 0 saturated carbocycles. The van der Waals surface area contributed by atoms with Gasteiger partial charge in [0.1, 0.15) is 5.75 Å². The van der Waals surface area contributed by atoms with Crippen LogP contribution in [0.5, 0.6) is 5.75 Å². The highest BCUT2D eigenvalue weighted by Crippen LogP contribution is 2.24. The van der Waals surface area contributed by atoms with Gasteiger partial charge in [-0.2, -0.15) is 5.26 Å². The van der Waals surface area contributed by atoms with E-state index < -0.39 is 0 Å². The van der Waals surface area contributed by atoms with Gasteiger partial charge < -0.3 is 10.4 Å². The third-order valence-electron chi connectivity index (χ3n) is 2.98. The topological polar surface area (TPSA) is 56.0 Å². The highest BCUT2D eigenvalue weighted by molar-refractivity contribution is 6.33. The number of aromatic hydroxyl groups is 1. The molecule has 2 N–H and O–H groups in total. The summed E-state index contributed by atoms with van der Waals surface area (Å²) in [4.78, 5) is 0. The molecule has 0 aliphatic carbocycles. The average molecular weight is 287 g/mol. The first-order chi connectivity index (χ1) is 9.58. The first kappa shape index (κ1) is 14.2. The summed E-state index contributed by atoms with van der Waals surface area (Å²) in [5.41, 5.74) is 2.50. The van der Waals surface area contributed by atoms with Crippen molar-refractivity contribution in [1.29, 1.82) is 5.26 Å². The predicted molar refractivity (Wildman–Crippen MR) is 81.1 cm³/mol. The van der Waals surface area contributed by atoms with E-state index in [0.717, 1.165) is 17.7 Å². The molecular formula is C16H15ClN2O. The lowest BCUT2D eigenvalue weighted by Crippen LogP contribution is -2.18. The van der Waals surface area contributed by atoms with E-state index in [1.54, 1.807) is 24.3 Å². The van der Waals surface area contributed by atoms with Crippen LogP contribution in [0.3, 0.4) is 0 Å². The van der Waals surface area contributed by atoms with E-state index in [9.17, 15) is 5.11 Å². The van der Waals surface area contributed by atoms with Gasteiger partial charge in [0.05, 0.1) is 22.3 Å².